The van der Waals surface area contributed by atoms with Gasteiger partial charge in [0.1, 0.15) is 5.15 Å². The Balaban J connectivity index is 2.37. The Bertz CT molecular complexity index is 284. The molecule has 1 N–H and O–H groups in total. The van der Waals surface area contributed by atoms with Gasteiger partial charge in [-0.05, 0) is 11.6 Å². The minimum Gasteiger partial charge on any atom is -0.308 e. The fourth-order valence-corrected chi connectivity index (χ4v) is 1.16. The molecule has 0 amide bonds. The number of hydrogen-bond acceptors (Lipinski definition) is 2. The Labute approximate surface area is 91.1 Å². The molecule has 4 heteroatoms. The predicted octanol–water partition coefficient (Wildman–Crippen LogP) is 2.73. The van der Waals surface area contributed by atoms with E-state index in [-0.39, 0.29) is 0 Å². The fourth-order valence-electron chi connectivity index (χ4n) is 0.853. The van der Waals surface area contributed by atoms with Crippen LogP contribution in [0.5, 0.6) is 0 Å². The topological polar surface area (TPSA) is 24.9 Å². The summed E-state index contributed by atoms with van der Waals surface area (Å²) in [7, 11) is 0. The molecule has 1 rings (SSSR count). The molecule has 1 heterocycles. The third-order valence-electron chi connectivity index (χ3n) is 1.43. The van der Waals surface area contributed by atoms with E-state index >= 15 is 0 Å². The van der Waals surface area contributed by atoms with Gasteiger partial charge in [0.2, 0.25) is 0 Å². The average Bonchev–Trinajstić information content (AvgIpc) is 2.08. The summed E-state index contributed by atoms with van der Waals surface area (Å²) in [5, 5.41) is 3.71. The van der Waals surface area contributed by atoms with E-state index in [2.05, 4.69) is 32.8 Å². The molecule has 1 aromatic heterocycles. The zero-order valence-corrected chi connectivity index (χ0v) is 9.40. The molecule has 0 radical (unpaired) electrons. The summed E-state index contributed by atoms with van der Waals surface area (Å²) in [6.07, 6.45) is 1.76. The van der Waals surface area contributed by atoms with Crippen LogP contribution in [0.2, 0.25) is 5.15 Å². The summed E-state index contributed by atoms with van der Waals surface area (Å²) < 4.78 is 0.939. The van der Waals surface area contributed by atoms with E-state index in [1.807, 2.05) is 6.07 Å². The van der Waals surface area contributed by atoms with Crippen LogP contribution in [0, 0.1) is 0 Å². The second-order valence-electron chi connectivity index (χ2n) is 2.61. The van der Waals surface area contributed by atoms with Gasteiger partial charge < -0.3 is 5.32 Å². The molecule has 0 unspecified atom stereocenters. The van der Waals surface area contributed by atoms with E-state index in [1.54, 1.807) is 12.3 Å². The number of pyridine rings is 1. The summed E-state index contributed by atoms with van der Waals surface area (Å²) >= 11 is 8.91. The zero-order chi connectivity index (χ0) is 9.68. The number of halogens is 2. The highest BCUT2D eigenvalue weighted by Gasteiger charge is 1.93. The molecule has 0 aliphatic carbocycles. The molecule has 0 saturated carbocycles. The molecule has 2 nitrogen and oxygen atoms in total. The van der Waals surface area contributed by atoms with Crippen LogP contribution >= 0.6 is 27.5 Å². The summed E-state index contributed by atoms with van der Waals surface area (Å²) in [6.45, 7) is 5.24. The summed E-state index contributed by atoms with van der Waals surface area (Å²) in [5.74, 6) is 0. The first kappa shape index (κ1) is 10.7. The predicted molar refractivity (Wildman–Crippen MR) is 59.0 cm³/mol. The molecule has 1 aromatic rings. The molecule has 0 saturated heterocycles. The van der Waals surface area contributed by atoms with Crippen molar-refractivity contribution in [2.75, 3.05) is 6.54 Å². The smallest absolute Gasteiger partial charge is 0.129 e. The number of nitrogens with zero attached hydrogens (tertiary/aromatic N) is 1. The second-order valence-corrected chi connectivity index (χ2v) is 4.12. The van der Waals surface area contributed by atoms with Crippen molar-refractivity contribution in [1.29, 1.82) is 0 Å². The number of rotatable bonds is 4. The summed E-state index contributed by atoms with van der Waals surface area (Å²) in [5.41, 5.74) is 1.11. The summed E-state index contributed by atoms with van der Waals surface area (Å²) in [4.78, 5) is 3.97. The highest BCUT2D eigenvalue weighted by atomic mass is 79.9. The van der Waals surface area contributed by atoms with E-state index in [9.17, 15) is 0 Å². The van der Waals surface area contributed by atoms with Crippen LogP contribution < -0.4 is 5.32 Å². The Kier molecular flexibility index (Phi) is 4.42. The molecule has 0 aliphatic rings. The Morgan fingerprint density at radius 3 is 2.92 bits per heavy atom. The van der Waals surface area contributed by atoms with Crippen molar-refractivity contribution in [1.82, 2.24) is 10.3 Å². The van der Waals surface area contributed by atoms with E-state index < -0.39 is 0 Å². The normalized spacial score (nSPS) is 10.0. The SMILES string of the molecule is C=C(Br)CNCc1ccc(Cl)nc1. The van der Waals surface area contributed by atoms with Gasteiger partial charge in [0.15, 0.2) is 0 Å². The van der Waals surface area contributed by atoms with Crippen molar-refractivity contribution in [2.45, 2.75) is 6.54 Å². The number of nitrogens with one attached hydrogen (secondary N) is 1. The Morgan fingerprint density at radius 1 is 1.62 bits per heavy atom. The van der Waals surface area contributed by atoms with Gasteiger partial charge in [-0.3, -0.25) is 0 Å². The number of aromatic nitrogens is 1. The fraction of sp³-hybridized carbons (Fsp3) is 0.222. The van der Waals surface area contributed by atoms with E-state index in [1.165, 1.54) is 0 Å². The zero-order valence-electron chi connectivity index (χ0n) is 7.06. The van der Waals surface area contributed by atoms with Gasteiger partial charge in [0.25, 0.3) is 0 Å². The lowest BCUT2D eigenvalue weighted by Crippen LogP contribution is -2.14. The van der Waals surface area contributed by atoms with Gasteiger partial charge in [-0.25, -0.2) is 4.98 Å². The lowest BCUT2D eigenvalue weighted by atomic mass is 10.3. The molecule has 0 bridgehead atoms. The lowest BCUT2D eigenvalue weighted by Gasteiger charge is -2.02. The molecule has 0 aromatic carbocycles. The first-order valence-corrected chi connectivity index (χ1v) is 5.00. The first-order valence-electron chi connectivity index (χ1n) is 3.83. The van der Waals surface area contributed by atoms with E-state index in [0.29, 0.717) is 5.15 Å². The van der Waals surface area contributed by atoms with Crippen LogP contribution in [0.25, 0.3) is 0 Å². The van der Waals surface area contributed by atoms with Gasteiger partial charge in [0, 0.05) is 23.8 Å². The van der Waals surface area contributed by atoms with Crippen molar-refractivity contribution < 1.29 is 0 Å². The molecule has 0 aliphatic heterocycles. The van der Waals surface area contributed by atoms with Gasteiger partial charge in [-0.1, -0.05) is 40.2 Å². The highest BCUT2D eigenvalue weighted by Crippen LogP contribution is 2.05. The molecule has 70 valence electrons. The molecule has 0 atom stereocenters. The summed E-state index contributed by atoms with van der Waals surface area (Å²) in [6, 6.07) is 3.72. The maximum atomic E-state index is 5.64. The third kappa shape index (κ3) is 4.41. The van der Waals surface area contributed by atoms with Crippen molar-refractivity contribution in [3.63, 3.8) is 0 Å². The maximum absolute atomic E-state index is 5.64. The molecule has 0 fully saturated rings. The van der Waals surface area contributed by atoms with E-state index in [0.717, 1.165) is 23.1 Å². The third-order valence-corrected chi connectivity index (χ3v) is 1.94. The van der Waals surface area contributed by atoms with Crippen LogP contribution in [0.1, 0.15) is 5.56 Å². The highest BCUT2D eigenvalue weighted by molar-refractivity contribution is 9.11. The van der Waals surface area contributed by atoms with Crippen LogP contribution in [-0.2, 0) is 6.54 Å². The van der Waals surface area contributed by atoms with Crippen LogP contribution in [0.3, 0.4) is 0 Å². The molecule has 13 heavy (non-hydrogen) atoms. The molecule has 0 spiro atoms. The maximum Gasteiger partial charge on any atom is 0.129 e. The molecular formula is C9H10BrClN2. The Morgan fingerprint density at radius 2 is 2.38 bits per heavy atom. The first-order chi connectivity index (χ1) is 6.18. The van der Waals surface area contributed by atoms with Gasteiger partial charge >= 0.3 is 0 Å². The van der Waals surface area contributed by atoms with Gasteiger partial charge in [-0.2, -0.15) is 0 Å². The minimum absolute atomic E-state index is 0.522. The van der Waals surface area contributed by atoms with Crippen molar-refractivity contribution in [3.05, 3.63) is 40.1 Å². The monoisotopic (exact) mass is 260 g/mol. The quantitative estimate of drug-likeness (QED) is 0.843. The lowest BCUT2D eigenvalue weighted by molar-refractivity contribution is 0.754. The van der Waals surface area contributed by atoms with Crippen LogP contribution in [0.4, 0.5) is 0 Å². The average molecular weight is 262 g/mol. The van der Waals surface area contributed by atoms with Crippen molar-refractivity contribution in [2.24, 2.45) is 0 Å². The van der Waals surface area contributed by atoms with E-state index in [4.69, 9.17) is 11.6 Å². The molecular weight excluding hydrogens is 251 g/mol. The standard InChI is InChI=1S/C9H10BrClN2/c1-7(10)4-12-5-8-2-3-9(11)13-6-8/h2-3,6,12H,1,4-5H2. The van der Waals surface area contributed by atoms with Crippen molar-refractivity contribution >= 4 is 27.5 Å². The van der Waals surface area contributed by atoms with Gasteiger partial charge in [-0.15, -0.1) is 0 Å². The Hall–Kier alpha value is -0.380. The number of hydrogen-bond donors (Lipinski definition) is 1. The van der Waals surface area contributed by atoms with Crippen LogP contribution in [-0.4, -0.2) is 11.5 Å². The van der Waals surface area contributed by atoms with Crippen molar-refractivity contribution in [3.8, 4) is 0 Å². The second kappa shape index (κ2) is 5.37. The van der Waals surface area contributed by atoms with Crippen LogP contribution in [0.15, 0.2) is 29.4 Å². The van der Waals surface area contributed by atoms with Gasteiger partial charge in [0.05, 0.1) is 0 Å². The largest absolute Gasteiger partial charge is 0.308 e. The minimum atomic E-state index is 0.522.